The van der Waals surface area contributed by atoms with Crippen LogP contribution < -0.4 is 0 Å². The number of methoxy groups -OCH3 is 1. The fourth-order valence-electron chi connectivity index (χ4n) is 2.29. The van der Waals surface area contributed by atoms with Crippen molar-refractivity contribution in [2.75, 3.05) is 7.11 Å². The van der Waals surface area contributed by atoms with Gasteiger partial charge in [-0.2, -0.15) is 0 Å². The zero-order chi connectivity index (χ0) is 10.7. The van der Waals surface area contributed by atoms with E-state index in [4.69, 9.17) is 9.15 Å². The molecular weight excluding hydrogens is 188 g/mol. The molecular formula is C13H20O2. The molecule has 0 saturated heterocycles. The maximum absolute atomic E-state index is 5.86. The summed E-state index contributed by atoms with van der Waals surface area (Å²) >= 11 is 0. The predicted octanol–water partition coefficient (Wildman–Crippen LogP) is 3.65. The molecule has 2 heteroatoms. The van der Waals surface area contributed by atoms with Crippen LogP contribution in [-0.2, 0) is 17.6 Å². The van der Waals surface area contributed by atoms with E-state index in [2.05, 4.69) is 13.0 Å². The molecule has 1 unspecified atom stereocenters. The quantitative estimate of drug-likeness (QED) is 0.753. The summed E-state index contributed by atoms with van der Waals surface area (Å²) in [6.45, 7) is 2.21. The topological polar surface area (TPSA) is 22.4 Å². The lowest BCUT2D eigenvalue weighted by Gasteiger charge is -2.19. The summed E-state index contributed by atoms with van der Waals surface area (Å²) < 4.78 is 11.3. The molecule has 0 aromatic carbocycles. The molecule has 2 rings (SSSR count). The van der Waals surface area contributed by atoms with Gasteiger partial charge in [0.15, 0.2) is 0 Å². The standard InChI is InChI=1S/C13H20O2/c1-3-4-6-10-9-11-12(14-2)7-5-8-13(11)15-10/h9,12H,3-8H2,1-2H3. The average Bonchev–Trinajstić information content (AvgIpc) is 2.68. The molecule has 1 aromatic heterocycles. The van der Waals surface area contributed by atoms with Gasteiger partial charge in [0.25, 0.3) is 0 Å². The van der Waals surface area contributed by atoms with Crippen LogP contribution >= 0.6 is 0 Å². The third-order valence-electron chi connectivity index (χ3n) is 3.17. The fraction of sp³-hybridized carbons (Fsp3) is 0.692. The molecule has 0 N–H and O–H groups in total. The first-order valence-electron chi connectivity index (χ1n) is 5.99. The first-order valence-corrected chi connectivity index (χ1v) is 5.99. The Morgan fingerprint density at radius 2 is 2.40 bits per heavy atom. The summed E-state index contributed by atoms with van der Waals surface area (Å²) in [5, 5.41) is 0. The average molecular weight is 208 g/mol. The summed E-state index contributed by atoms with van der Waals surface area (Å²) in [6.07, 6.45) is 7.18. The summed E-state index contributed by atoms with van der Waals surface area (Å²) in [5.41, 5.74) is 1.30. The molecule has 1 aromatic rings. The van der Waals surface area contributed by atoms with E-state index in [0.29, 0.717) is 0 Å². The number of hydrogen-bond acceptors (Lipinski definition) is 2. The molecule has 0 saturated carbocycles. The van der Waals surface area contributed by atoms with Crippen molar-refractivity contribution in [1.29, 1.82) is 0 Å². The monoisotopic (exact) mass is 208 g/mol. The van der Waals surface area contributed by atoms with Gasteiger partial charge >= 0.3 is 0 Å². The van der Waals surface area contributed by atoms with E-state index >= 15 is 0 Å². The highest BCUT2D eigenvalue weighted by atomic mass is 16.5. The second kappa shape index (κ2) is 4.84. The van der Waals surface area contributed by atoms with E-state index in [1.54, 1.807) is 7.11 Å². The van der Waals surface area contributed by atoms with Crippen molar-refractivity contribution in [3.05, 3.63) is 23.2 Å². The minimum absolute atomic E-state index is 0.271. The SMILES string of the molecule is CCCCc1cc2c(o1)CCCC2OC. The van der Waals surface area contributed by atoms with Gasteiger partial charge in [-0.3, -0.25) is 0 Å². The van der Waals surface area contributed by atoms with Gasteiger partial charge in [-0.15, -0.1) is 0 Å². The molecule has 1 heterocycles. The van der Waals surface area contributed by atoms with E-state index in [1.807, 2.05) is 0 Å². The largest absolute Gasteiger partial charge is 0.466 e. The third kappa shape index (κ3) is 2.25. The number of unbranched alkanes of at least 4 members (excludes halogenated alkanes) is 1. The van der Waals surface area contributed by atoms with Crippen LogP contribution in [-0.4, -0.2) is 7.11 Å². The molecule has 2 nitrogen and oxygen atoms in total. The summed E-state index contributed by atoms with van der Waals surface area (Å²) in [7, 11) is 1.79. The van der Waals surface area contributed by atoms with E-state index < -0.39 is 0 Å². The first-order chi connectivity index (χ1) is 7.35. The number of fused-ring (bicyclic) bond motifs is 1. The first kappa shape index (κ1) is 10.7. The van der Waals surface area contributed by atoms with Gasteiger partial charge in [-0.05, 0) is 25.3 Å². The van der Waals surface area contributed by atoms with Crippen molar-refractivity contribution in [2.24, 2.45) is 0 Å². The van der Waals surface area contributed by atoms with Crippen molar-refractivity contribution < 1.29 is 9.15 Å². The number of hydrogen-bond donors (Lipinski definition) is 0. The van der Waals surface area contributed by atoms with Crippen LogP contribution in [0.25, 0.3) is 0 Å². The van der Waals surface area contributed by atoms with Crippen LogP contribution in [0.2, 0.25) is 0 Å². The number of rotatable bonds is 4. The molecule has 1 aliphatic rings. The van der Waals surface area contributed by atoms with Crippen molar-refractivity contribution in [3.8, 4) is 0 Å². The molecule has 0 bridgehead atoms. The lowest BCUT2D eigenvalue weighted by atomic mass is 9.95. The number of aryl methyl sites for hydroxylation is 2. The summed E-state index contributed by atoms with van der Waals surface area (Å²) in [4.78, 5) is 0. The molecule has 0 amide bonds. The van der Waals surface area contributed by atoms with Gasteiger partial charge in [0.2, 0.25) is 0 Å². The van der Waals surface area contributed by atoms with Crippen molar-refractivity contribution in [3.63, 3.8) is 0 Å². The Balaban J connectivity index is 2.14. The van der Waals surface area contributed by atoms with Gasteiger partial charge in [0, 0.05) is 25.5 Å². The maximum Gasteiger partial charge on any atom is 0.109 e. The highest BCUT2D eigenvalue weighted by molar-refractivity contribution is 5.26. The van der Waals surface area contributed by atoms with Crippen molar-refractivity contribution in [2.45, 2.75) is 51.6 Å². The zero-order valence-corrected chi connectivity index (χ0v) is 9.71. The lowest BCUT2D eigenvalue weighted by Crippen LogP contribution is -2.08. The molecule has 1 aliphatic carbocycles. The minimum Gasteiger partial charge on any atom is -0.466 e. The Morgan fingerprint density at radius 1 is 1.53 bits per heavy atom. The van der Waals surface area contributed by atoms with E-state index in [-0.39, 0.29) is 6.10 Å². The zero-order valence-electron chi connectivity index (χ0n) is 9.71. The Morgan fingerprint density at radius 3 is 3.13 bits per heavy atom. The number of furan rings is 1. The second-order valence-corrected chi connectivity index (χ2v) is 4.31. The Hall–Kier alpha value is -0.760. The van der Waals surface area contributed by atoms with Crippen molar-refractivity contribution in [1.82, 2.24) is 0 Å². The van der Waals surface area contributed by atoms with Gasteiger partial charge in [-0.1, -0.05) is 13.3 Å². The van der Waals surface area contributed by atoms with Crippen molar-refractivity contribution >= 4 is 0 Å². The van der Waals surface area contributed by atoms with Gasteiger partial charge < -0.3 is 9.15 Å². The third-order valence-corrected chi connectivity index (χ3v) is 3.17. The maximum atomic E-state index is 5.86. The summed E-state index contributed by atoms with van der Waals surface area (Å²) in [5.74, 6) is 2.31. The number of ether oxygens (including phenoxy) is 1. The Labute approximate surface area is 91.6 Å². The molecule has 0 fully saturated rings. The smallest absolute Gasteiger partial charge is 0.109 e. The van der Waals surface area contributed by atoms with Crippen LogP contribution in [0.15, 0.2) is 10.5 Å². The van der Waals surface area contributed by atoms with Crippen LogP contribution in [0.3, 0.4) is 0 Å². The fourth-order valence-corrected chi connectivity index (χ4v) is 2.29. The van der Waals surface area contributed by atoms with Gasteiger partial charge in [0.05, 0.1) is 6.10 Å². The Bertz CT molecular complexity index is 314. The lowest BCUT2D eigenvalue weighted by molar-refractivity contribution is 0.0857. The molecule has 0 radical (unpaired) electrons. The molecule has 1 atom stereocenters. The summed E-state index contributed by atoms with van der Waals surface area (Å²) in [6, 6.07) is 2.21. The highest BCUT2D eigenvalue weighted by Crippen LogP contribution is 2.34. The normalized spacial score (nSPS) is 20.3. The van der Waals surface area contributed by atoms with Gasteiger partial charge in [0.1, 0.15) is 11.5 Å². The molecule has 15 heavy (non-hydrogen) atoms. The van der Waals surface area contributed by atoms with E-state index in [0.717, 1.165) is 25.0 Å². The predicted molar refractivity (Wildman–Crippen MR) is 60.0 cm³/mol. The molecule has 84 valence electrons. The van der Waals surface area contributed by atoms with Crippen LogP contribution in [0.5, 0.6) is 0 Å². The molecule has 0 aliphatic heterocycles. The van der Waals surface area contributed by atoms with Gasteiger partial charge in [-0.25, -0.2) is 0 Å². The Kier molecular flexibility index (Phi) is 3.47. The van der Waals surface area contributed by atoms with E-state index in [1.165, 1.54) is 30.6 Å². The minimum atomic E-state index is 0.271. The van der Waals surface area contributed by atoms with Crippen LogP contribution in [0, 0.1) is 0 Å². The molecule has 0 spiro atoms. The highest BCUT2D eigenvalue weighted by Gasteiger charge is 2.23. The van der Waals surface area contributed by atoms with Crippen LogP contribution in [0.4, 0.5) is 0 Å². The second-order valence-electron chi connectivity index (χ2n) is 4.31. The van der Waals surface area contributed by atoms with E-state index in [9.17, 15) is 0 Å². The van der Waals surface area contributed by atoms with Crippen LogP contribution in [0.1, 0.15) is 55.8 Å².